The molecule has 1 saturated carbocycles. The van der Waals surface area contributed by atoms with Gasteiger partial charge in [-0.15, -0.1) is 0 Å². The highest BCUT2D eigenvalue weighted by atomic mass is 16.6. The molecule has 0 aromatic carbocycles. The maximum absolute atomic E-state index is 12.1. The first kappa shape index (κ1) is 17.9. The summed E-state index contributed by atoms with van der Waals surface area (Å²) in [6, 6.07) is 0.399. The van der Waals surface area contributed by atoms with Crippen LogP contribution >= 0.6 is 0 Å². The number of likely N-dealkylation sites (tertiary alicyclic amines) is 1. The van der Waals surface area contributed by atoms with E-state index in [1.165, 1.54) is 19.3 Å². The molecule has 2 N–H and O–H groups in total. The number of amides is 3. The predicted molar refractivity (Wildman–Crippen MR) is 89.4 cm³/mol. The lowest BCUT2D eigenvalue weighted by Gasteiger charge is -2.34. The van der Waals surface area contributed by atoms with Crippen LogP contribution in [0.15, 0.2) is 0 Å². The van der Waals surface area contributed by atoms with E-state index in [4.69, 9.17) is 4.74 Å². The second-order valence-corrected chi connectivity index (χ2v) is 7.69. The Hall–Kier alpha value is -1.46. The summed E-state index contributed by atoms with van der Waals surface area (Å²) in [6.07, 6.45) is 7.16. The molecule has 2 aliphatic rings. The van der Waals surface area contributed by atoms with Crippen LogP contribution in [-0.2, 0) is 4.74 Å². The maximum Gasteiger partial charge on any atom is 0.410 e. The number of carbonyl (C=O) groups excluding carboxylic acids is 2. The molecule has 1 heterocycles. The van der Waals surface area contributed by atoms with Crippen molar-refractivity contribution in [2.45, 2.75) is 83.4 Å². The second kappa shape index (κ2) is 7.88. The van der Waals surface area contributed by atoms with E-state index in [1.54, 1.807) is 4.90 Å². The van der Waals surface area contributed by atoms with Gasteiger partial charge < -0.3 is 20.3 Å². The van der Waals surface area contributed by atoms with E-state index in [9.17, 15) is 9.59 Å². The molecule has 0 radical (unpaired) electrons. The first-order valence-corrected chi connectivity index (χ1v) is 8.88. The van der Waals surface area contributed by atoms with Crippen LogP contribution in [0.5, 0.6) is 0 Å². The molecule has 0 atom stereocenters. The van der Waals surface area contributed by atoms with E-state index in [0.717, 1.165) is 25.7 Å². The third-order valence-electron chi connectivity index (χ3n) is 4.42. The van der Waals surface area contributed by atoms with Crippen molar-refractivity contribution in [2.75, 3.05) is 13.1 Å². The number of piperidine rings is 1. The lowest BCUT2D eigenvalue weighted by Crippen LogP contribution is -2.51. The van der Waals surface area contributed by atoms with E-state index < -0.39 is 5.60 Å². The Bertz CT molecular complexity index is 406. The molecule has 1 aliphatic heterocycles. The van der Waals surface area contributed by atoms with Gasteiger partial charge in [0.05, 0.1) is 0 Å². The summed E-state index contributed by atoms with van der Waals surface area (Å²) in [5.41, 5.74) is -0.466. The maximum atomic E-state index is 12.1. The third-order valence-corrected chi connectivity index (χ3v) is 4.42. The SMILES string of the molecule is CC(C)(C)OC(=O)N1CCC(NC(=O)NC2CCCCC2)CC1. The van der Waals surface area contributed by atoms with Gasteiger partial charge in [-0.1, -0.05) is 19.3 Å². The van der Waals surface area contributed by atoms with Crippen LogP contribution in [0.25, 0.3) is 0 Å². The number of ether oxygens (including phenoxy) is 1. The van der Waals surface area contributed by atoms with E-state index in [1.807, 2.05) is 20.8 Å². The van der Waals surface area contributed by atoms with Gasteiger partial charge in [0.15, 0.2) is 0 Å². The Morgan fingerprint density at radius 1 is 0.913 bits per heavy atom. The Balaban J connectivity index is 1.67. The van der Waals surface area contributed by atoms with E-state index in [0.29, 0.717) is 19.1 Å². The molecule has 23 heavy (non-hydrogen) atoms. The van der Waals surface area contributed by atoms with Crippen LogP contribution < -0.4 is 10.6 Å². The quantitative estimate of drug-likeness (QED) is 0.820. The van der Waals surface area contributed by atoms with Gasteiger partial charge >= 0.3 is 12.1 Å². The minimum Gasteiger partial charge on any atom is -0.444 e. The van der Waals surface area contributed by atoms with Gasteiger partial charge in [-0.3, -0.25) is 0 Å². The van der Waals surface area contributed by atoms with Crippen molar-refractivity contribution < 1.29 is 14.3 Å². The van der Waals surface area contributed by atoms with Crippen molar-refractivity contribution >= 4 is 12.1 Å². The summed E-state index contributed by atoms with van der Waals surface area (Å²) in [6.45, 7) is 6.87. The van der Waals surface area contributed by atoms with Gasteiger partial charge in [0.25, 0.3) is 0 Å². The first-order valence-electron chi connectivity index (χ1n) is 8.88. The highest BCUT2D eigenvalue weighted by Gasteiger charge is 2.27. The minimum atomic E-state index is -0.466. The lowest BCUT2D eigenvalue weighted by atomic mass is 9.96. The fourth-order valence-electron chi connectivity index (χ4n) is 3.19. The molecule has 0 aromatic rings. The molecule has 0 bridgehead atoms. The smallest absolute Gasteiger partial charge is 0.410 e. The molecule has 1 aliphatic carbocycles. The molecule has 2 fully saturated rings. The predicted octanol–water partition coefficient (Wildman–Crippen LogP) is 3.02. The van der Waals surface area contributed by atoms with Gasteiger partial charge in [0, 0.05) is 25.2 Å². The van der Waals surface area contributed by atoms with Crippen LogP contribution in [0.3, 0.4) is 0 Å². The Morgan fingerprint density at radius 2 is 1.43 bits per heavy atom. The first-order chi connectivity index (χ1) is 10.8. The number of urea groups is 1. The Labute approximate surface area is 139 Å². The molecule has 132 valence electrons. The van der Waals surface area contributed by atoms with Crippen LogP contribution in [0.1, 0.15) is 65.7 Å². The molecule has 2 rings (SSSR count). The van der Waals surface area contributed by atoms with Crippen molar-refractivity contribution in [3.63, 3.8) is 0 Å². The Morgan fingerprint density at radius 3 is 1.96 bits per heavy atom. The number of hydrogen-bond acceptors (Lipinski definition) is 3. The number of rotatable bonds is 2. The molecule has 1 saturated heterocycles. The molecule has 6 nitrogen and oxygen atoms in total. The van der Waals surface area contributed by atoms with Crippen molar-refractivity contribution in [1.29, 1.82) is 0 Å². The van der Waals surface area contributed by atoms with E-state index in [-0.39, 0.29) is 18.2 Å². The zero-order valence-electron chi connectivity index (χ0n) is 14.7. The summed E-state index contributed by atoms with van der Waals surface area (Å²) in [5.74, 6) is 0. The van der Waals surface area contributed by atoms with Crippen LogP contribution in [0.4, 0.5) is 9.59 Å². The van der Waals surface area contributed by atoms with Gasteiger partial charge in [-0.05, 0) is 46.5 Å². The van der Waals surface area contributed by atoms with E-state index in [2.05, 4.69) is 10.6 Å². The van der Waals surface area contributed by atoms with E-state index >= 15 is 0 Å². The van der Waals surface area contributed by atoms with Crippen molar-refractivity contribution in [2.24, 2.45) is 0 Å². The zero-order chi connectivity index (χ0) is 16.9. The number of nitrogens with zero attached hydrogens (tertiary/aromatic N) is 1. The molecule has 0 unspecified atom stereocenters. The molecular weight excluding hydrogens is 294 g/mol. The lowest BCUT2D eigenvalue weighted by molar-refractivity contribution is 0.0201. The number of nitrogens with one attached hydrogen (secondary N) is 2. The monoisotopic (exact) mass is 325 g/mol. The largest absolute Gasteiger partial charge is 0.444 e. The summed E-state index contributed by atoms with van der Waals surface area (Å²) in [4.78, 5) is 25.8. The van der Waals surface area contributed by atoms with Gasteiger partial charge in [0.1, 0.15) is 5.60 Å². The fraction of sp³-hybridized carbons (Fsp3) is 0.882. The summed E-state index contributed by atoms with van der Waals surface area (Å²) in [5, 5.41) is 6.12. The zero-order valence-corrected chi connectivity index (χ0v) is 14.7. The van der Waals surface area contributed by atoms with Gasteiger partial charge in [-0.2, -0.15) is 0 Å². The van der Waals surface area contributed by atoms with Crippen molar-refractivity contribution in [1.82, 2.24) is 15.5 Å². The number of carbonyl (C=O) groups is 2. The molecule has 6 heteroatoms. The molecule has 3 amide bonds. The summed E-state index contributed by atoms with van der Waals surface area (Å²) < 4.78 is 5.38. The number of hydrogen-bond donors (Lipinski definition) is 2. The van der Waals surface area contributed by atoms with Crippen LogP contribution in [0, 0.1) is 0 Å². The standard InChI is InChI=1S/C17H31N3O3/c1-17(2,3)23-16(22)20-11-9-14(10-12-20)19-15(21)18-13-7-5-4-6-8-13/h13-14H,4-12H2,1-3H3,(H2,18,19,21). The van der Waals surface area contributed by atoms with Gasteiger partial charge in [-0.25, -0.2) is 9.59 Å². The second-order valence-electron chi connectivity index (χ2n) is 7.69. The van der Waals surface area contributed by atoms with Crippen molar-refractivity contribution in [3.05, 3.63) is 0 Å². The minimum absolute atomic E-state index is 0.0624. The molecular formula is C17H31N3O3. The molecule has 0 spiro atoms. The Kier molecular flexibility index (Phi) is 6.13. The topological polar surface area (TPSA) is 70.7 Å². The van der Waals surface area contributed by atoms with Crippen LogP contribution in [-0.4, -0.2) is 47.8 Å². The average Bonchev–Trinajstić information content (AvgIpc) is 2.47. The summed E-state index contributed by atoms with van der Waals surface area (Å²) >= 11 is 0. The van der Waals surface area contributed by atoms with Crippen molar-refractivity contribution in [3.8, 4) is 0 Å². The highest BCUT2D eigenvalue weighted by molar-refractivity contribution is 5.74. The molecule has 0 aromatic heterocycles. The third kappa shape index (κ3) is 6.28. The normalized spacial score (nSPS) is 20.9. The highest BCUT2D eigenvalue weighted by Crippen LogP contribution is 2.18. The summed E-state index contributed by atoms with van der Waals surface area (Å²) in [7, 11) is 0. The van der Waals surface area contributed by atoms with Gasteiger partial charge in [0.2, 0.25) is 0 Å². The average molecular weight is 325 g/mol. The van der Waals surface area contributed by atoms with Crippen LogP contribution in [0.2, 0.25) is 0 Å². The fourth-order valence-corrected chi connectivity index (χ4v) is 3.19.